The number of rotatable bonds is 20. The van der Waals surface area contributed by atoms with Gasteiger partial charge in [-0.15, -0.1) is 11.8 Å². The van der Waals surface area contributed by atoms with Crippen LogP contribution in [0.5, 0.6) is 0 Å². The number of aliphatic hydroxyl groups excluding tert-OH is 1. The van der Waals surface area contributed by atoms with Crippen molar-refractivity contribution in [2.45, 2.75) is 93.8 Å². The molecule has 10 heteroatoms. The number of aliphatic carboxylic acids is 2. The summed E-state index contributed by atoms with van der Waals surface area (Å²) in [4.78, 5) is 35.4. The van der Waals surface area contributed by atoms with E-state index in [9.17, 15) is 19.5 Å². The van der Waals surface area contributed by atoms with Crippen LogP contribution in [0.4, 0.5) is 5.69 Å². The van der Waals surface area contributed by atoms with Crippen molar-refractivity contribution in [3.8, 4) is 0 Å². The molecule has 0 fully saturated rings. The SMILES string of the molecule is CCCCCCCCCc1ccc(C(Sc2cccc(N(C=O)CC(=O)O)c2)C(O)CCCC(=O)O)cc1.[H-].[H-].[Na+].[Na+]. The van der Waals surface area contributed by atoms with Crippen LogP contribution >= 0.6 is 11.8 Å². The molecule has 7 nitrogen and oxygen atoms in total. The van der Waals surface area contributed by atoms with E-state index in [0.29, 0.717) is 24.9 Å². The molecule has 0 aromatic heterocycles. The predicted octanol–water partition coefficient (Wildman–Crippen LogP) is 0.709. The van der Waals surface area contributed by atoms with Gasteiger partial charge in [-0.05, 0) is 55.0 Å². The van der Waals surface area contributed by atoms with Crippen LogP contribution < -0.4 is 64.0 Å². The summed E-state index contributed by atoms with van der Waals surface area (Å²) in [6.07, 6.45) is 10.2. The topological polar surface area (TPSA) is 115 Å². The molecule has 0 radical (unpaired) electrons. The quantitative estimate of drug-likeness (QED) is 0.0900. The number of anilines is 1. The fourth-order valence-corrected chi connectivity index (χ4v) is 5.59. The number of hydrogen-bond acceptors (Lipinski definition) is 5. The molecular formula is C30H43NNa2O6S. The Morgan fingerprint density at radius 3 is 2.17 bits per heavy atom. The maximum atomic E-state index is 11.4. The minimum Gasteiger partial charge on any atom is -1.00 e. The summed E-state index contributed by atoms with van der Waals surface area (Å²) in [5, 5.41) is 28.8. The monoisotopic (exact) mass is 591 g/mol. The van der Waals surface area contributed by atoms with Crippen molar-refractivity contribution in [1.29, 1.82) is 0 Å². The first-order valence-electron chi connectivity index (χ1n) is 13.5. The van der Waals surface area contributed by atoms with Crippen molar-refractivity contribution in [1.82, 2.24) is 0 Å². The molecule has 2 atom stereocenters. The van der Waals surface area contributed by atoms with E-state index in [1.165, 1.54) is 55.9 Å². The molecule has 212 valence electrons. The maximum Gasteiger partial charge on any atom is 1.00 e. The van der Waals surface area contributed by atoms with E-state index < -0.39 is 24.6 Å². The first-order chi connectivity index (χ1) is 18.3. The average Bonchev–Trinajstić information content (AvgIpc) is 2.90. The minimum atomic E-state index is -1.11. The molecule has 40 heavy (non-hydrogen) atoms. The smallest absolute Gasteiger partial charge is 1.00 e. The summed E-state index contributed by atoms with van der Waals surface area (Å²) in [5.74, 6) is -2.00. The number of aliphatic hydroxyl groups is 1. The summed E-state index contributed by atoms with van der Waals surface area (Å²) in [6, 6.07) is 15.2. The van der Waals surface area contributed by atoms with Gasteiger partial charge in [-0.25, -0.2) is 0 Å². The first-order valence-corrected chi connectivity index (χ1v) is 14.4. The second-order valence-corrected chi connectivity index (χ2v) is 10.8. The molecular weight excluding hydrogens is 548 g/mol. The van der Waals surface area contributed by atoms with E-state index in [1.807, 2.05) is 18.2 Å². The minimum absolute atomic E-state index is 0. The van der Waals surface area contributed by atoms with Crippen molar-refractivity contribution < 1.29 is 91.7 Å². The molecule has 0 saturated heterocycles. The molecule has 0 saturated carbocycles. The maximum absolute atomic E-state index is 11.4. The Morgan fingerprint density at radius 2 is 1.57 bits per heavy atom. The normalized spacial score (nSPS) is 11.9. The van der Waals surface area contributed by atoms with Gasteiger partial charge in [0.05, 0.1) is 11.4 Å². The summed E-state index contributed by atoms with van der Waals surface area (Å²) in [5.41, 5.74) is 2.64. The standard InChI is InChI=1S/C30H41NO6S.2Na.2H/c1-2-3-4-5-6-7-8-11-23-16-18-24(19-17-23)30(27(33)14-10-15-28(34)35)38-26-13-9-12-25(20-26)31(22-32)21-29(36)37;;;;/h9,12-13,16-20,22,27,30,33H,2-8,10-11,14-15,21H2,1H3,(H,34,35)(H,36,37);;;;/q;2*+1;2*-1. The van der Waals surface area contributed by atoms with Crippen LogP contribution in [-0.2, 0) is 20.8 Å². The van der Waals surface area contributed by atoms with E-state index in [0.717, 1.165) is 28.2 Å². The summed E-state index contributed by atoms with van der Waals surface area (Å²) in [7, 11) is 0. The van der Waals surface area contributed by atoms with Crippen LogP contribution in [-0.4, -0.2) is 46.3 Å². The van der Waals surface area contributed by atoms with Gasteiger partial charge in [-0.1, -0.05) is 75.8 Å². The molecule has 3 N–H and O–H groups in total. The molecule has 2 aromatic carbocycles. The van der Waals surface area contributed by atoms with E-state index in [2.05, 4.69) is 19.1 Å². The van der Waals surface area contributed by atoms with Gasteiger partial charge in [0.1, 0.15) is 6.54 Å². The van der Waals surface area contributed by atoms with Crippen LogP contribution in [0.1, 0.15) is 90.4 Å². The van der Waals surface area contributed by atoms with E-state index >= 15 is 0 Å². The average molecular weight is 592 g/mol. The molecule has 0 aliphatic carbocycles. The Balaban J connectivity index is -0.00000380. The van der Waals surface area contributed by atoms with Crippen LogP contribution in [0.3, 0.4) is 0 Å². The number of thioether (sulfide) groups is 1. The van der Waals surface area contributed by atoms with Gasteiger partial charge < -0.3 is 23.1 Å². The van der Waals surface area contributed by atoms with Gasteiger partial charge in [0.25, 0.3) is 0 Å². The second-order valence-electron chi connectivity index (χ2n) is 9.63. The Bertz CT molecular complexity index is 1020. The Kier molecular flexibility index (Phi) is 22.2. The zero-order chi connectivity index (χ0) is 27.8. The molecule has 2 rings (SSSR count). The number of carboxylic acids is 2. The van der Waals surface area contributed by atoms with Crippen LogP contribution in [0.25, 0.3) is 0 Å². The van der Waals surface area contributed by atoms with Gasteiger partial charge in [0.2, 0.25) is 6.41 Å². The van der Waals surface area contributed by atoms with Gasteiger partial charge >= 0.3 is 71.1 Å². The molecule has 0 aliphatic heterocycles. The largest absolute Gasteiger partial charge is 1.00 e. The van der Waals surface area contributed by atoms with Crippen molar-refractivity contribution in [2.75, 3.05) is 11.4 Å². The number of amides is 1. The second kappa shape index (κ2) is 22.7. The number of carboxylic acid groups (broad SMARTS) is 2. The Labute approximate surface area is 290 Å². The number of benzene rings is 2. The third-order valence-corrected chi connectivity index (χ3v) is 7.83. The molecule has 0 spiro atoms. The third-order valence-electron chi connectivity index (χ3n) is 6.46. The molecule has 2 aromatic rings. The van der Waals surface area contributed by atoms with Crippen molar-refractivity contribution >= 4 is 35.8 Å². The van der Waals surface area contributed by atoms with Crippen LogP contribution in [0.2, 0.25) is 0 Å². The number of aryl methyl sites for hydroxylation is 1. The summed E-state index contributed by atoms with van der Waals surface area (Å²) >= 11 is 1.42. The molecule has 2 unspecified atom stereocenters. The Morgan fingerprint density at radius 1 is 0.925 bits per heavy atom. The molecule has 0 heterocycles. The van der Waals surface area contributed by atoms with Crippen LogP contribution in [0.15, 0.2) is 53.4 Å². The molecule has 0 bridgehead atoms. The van der Waals surface area contributed by atoms with Gasteiger partial charge in [0.15, 0.2) is 0 Å². The van der Waals surface area contributed by atoms with Crippen LogP contribution in [0, 0.1) is 0 Å². The van der Waals surface area contributed by atoms with Crippen molar-refractivity contribution in [3.05, 3.63) is 59.7 Å². The predicted molar refractivity (Wildman–Crippen MR) is 154 cm³/mol. The number of unbranched alkanes of at least 4 members (excludes halogenated alkanes) is 6. The van der Waals surface area contributed by atoms with E-state index in [-0.39, 0.29) is 73.6 Å². The van der Waals surface area contributed by atoms with Gasteiger partial charge in [0, 0.05) is 17.0 Å². The zero-order valence-electron chi connectivity index (χ0n) is 26.3. The zero-order valence-corrected chi connectivity index (χ0v) is 29.1. The Hall–Kier alpha value is -0.840. The van der Waals surface area contributed by atoms with Gasteiger partial charge in [-0.2, -0.15) is 0 Å². The number of carbonyl (C=O) groups excluding carboxylic acids is 1. The van der Waals surface area contributed by atoms with Crippen molar-refractivity contribution in [2.24, 2.45) is 0 Å². The fourth-order valence-electron chi connectivity index (χ4n) is 4.36. The molecule has 1 amide bonds. The molecule has 0 aliphatic rings. The van der Waals surface area contributed by atoms with E-state index in [4.69, 9.17) is 10.2 Å². The van der Waals surface area contributed by atoms with Gasteiger partial charge in [-0.3, -0.25) is 14.4 Å². The first kappa shape index (κ1) is 39.2. The van der Waals surface area contributed by atoms with Crippen molar-refractivity contribution in [3.63, 3.8) is 0 Å². The van der Waals surface area contributed by atoms with E-state index in [1.54, 1.807) is 18.2 Å². The summed E-state index contributed by atoms with van der Waals surface area (Å²) in [6.45, 7) is 1.78. The number of nitrogens with zero attached hydrogens (tertiary/aromatic N) is 1. The third kappa shape index (κ3) is 15.4. The fraction of sp³-hybridized carbons (Fsp3) is 0.500. The summed E-state index contributed by atoms with van der Waals surface area (Å²) < 4.78 is 0. The number of hydrogen-bond donors (Lipinski definition) is 3. The number of carbonyl (C=O) groups is 3.